The van der Waals surface area contributed by atoms with E-state index in [0.717, 1.165) is 22.8 Å². The van der Waals surface area contributed by atoms with Gasteiger partial charge in [0.1, 0.15) is 24.0 Å². The molecule has 0 unspecified atom stereocenters. The number of hydrogen-bond acceptors (Lipinski definition) is 4. The zero-order chi connectivity index (χ0) is 28.2. The minimum Gasteiger partial charge on any atom is -0.494 e. The molecule has 0 atom stereocenters. The fraction of sp³-hybridized carbons (Fsp3) is 0.367. The molecule has 4 rings (SSSR count). The van der Waals surface area contributed by atoms with Crippen LogP contribution in [0.25, 0.3) is 0 Å². The molecule has 39 heavy (non-hydrogen) atoms. The van der Waals surface area contributed by atoms with Crippen LogP contribution in [-0.4, -0.2) is 30.6 Å². The highest BCUT2D eigenvalue weighted by atomic mass is 19.4. The third kappa shape index (κ3) is 7.35. The molecule has 0 saturated heterocycles. The molecule has 0 N–H and O–H groups in total. The predicted molar refractivity (Wildman–Crippen MR) is 136 cm³/mol. The predicted octanol–water partition coefficient (Wildman–Crippen LogP) is 6.83. The summed E-state index contributed by atoms with van der Waals surface area (Å²) in [5.74, 6) is -1.33. The summed E-state index contributed by atoms with van der Waals surface area (Å²) in [6.07, 6.45) is -4.10. The third-order valence-electron chi connectivity index (χ3n) is 6.81. The first-order chi connectivity index (χ1) is 18.4. The molecule has 0 aromatic heterocycles. The van der Waals surface area contributed by atoms with Crippen LogP contribution in [0.4, 0.5) is 22.0 Å². The number of ether oxygens (including phenoxy) is 2. The molecule has 208 valence electrons. The van der Waals surface area contributed by atoms with Crippen LogP contribution in [0, 0.1) is 11.6 Å². The largest absolute Gasteiger partial charge is 0.494 e. The van der Waals surface area contributed by atoms with Crippen molar-refractivity contribution < 1.29 is 36.2 Å². The average molecular weight is 548 g/mol. The highest BCUT2D eigenvalue weighted by molar-refractivity contribution is 5.74. The Morgan fingerprint density at radius 1 is 0.974 bits per heavy atom. The molecule has 0 fully saturated rings. The van der Waals surface area contributed by atoms with Gasteiger partial charge in [-0.2, -0.15) is 13.2 Å². The van der Waals surface area contributed by atoms with Gasteiger partial charge in [0.25, 0.3) is 0 Å². The maximum absolute atomic E-state index is 14.9. The summed E-state index contributed by atoms with van der Waals surface area (Å²) in [4.78, 5) is 13.5. The second-order valence-corrected chi connectivity index (χ2v) is 10.3. The Labute approximate surface area is 224 Å². The zero-order valence-corrected chi connectivity index (χ0v) is 21.8. The maximum atomic E-state index is 14.9. The van der Waals surface area contributed by atoms with E-state index in [1.54, 1.807) is 18.2 Å². The normalized spacial score (nSPS) is 13.8. The van der Waals surface area contributed by atoms with Crippen molar-refractivity contribution in [1.82, 2.24) is 4.90 Å². The highest BCUT2D eigenvalue weighted by Gasteiger charge is 2.35. The Bertz CT molecular complexity index is 1300. The number of cyclic esters (lactones) is 1. The quantitative estimate of drug-likeness (QED) is 0.158. The molecule has 1 aliphatic rings. The van der Waals surface area contributed by atoms with Crippen molar-refractivity contribution in [2.45, 2.75) is 51.4 Å². The van der Waals surface area contributed by atoms with Gasteiger partial charge >= 0.3 is 12.1 Å². The minimum absolute atomic E-state index is 0.0403. The van der Waals surface area contributed by atoms with E-state index in [0.29, 0.717) is 31.9 Å². The van der Waals surface area contributed by atoms with E-state index in [2.05, 4.69) is 0 Å². The standard InChI is InChI=1S/C30H30F5NO3/c1-29(2,23-8-10-24(31)11-9-23)19-36(17-20-5-3-6-26(28(20)32)30(33,34)35)13-4-14-38-25-12-7-21-18-39-27(37)16-22(21)15-25/h3,5-12,15H,4,13-14,16-19H2,1-2H3. The van der Waals surface area contributed by atoms with Gasteiger partial charge in [0.2, 0.25) is 0 Å². The van der Waals surface area contributed by atoms with Crippen molar-refractivity contribution in [3.63, 3.8) is 0 Å². The number of carbonyl (C=O) groups excluding carboxylic acids is 1. The van der Waals surface area contributed by atoms with E-state index in [1.165, 1.54) is 24.3 Å². The zero-order valence-electron chi connectivity index (χ0n) is 21.8. The molecule has 1 aliphatic heterocycles. The second kappa shape index (κ2) is 11.7. The van der Waals surface area contributed by atoms with Gasteiger partial charge in [-0.1, -0.05) is 44.2 Å². The number of fused-ring (bicyclic) bond motifs is 1. The average Bonchev–Trinajstić information content (AvgIpc) is 2.87. The van der Waals surface area contributed by atoms with Crippen molar-refractivity contribution in [2.24, 2.45) is 0 Å². The smallest absolute Gasteiger partial charge is 0.419 e. The van der Waals surface area contributed by atoms with Crippen molar-refractivity contribution in [3.05, 3.63) is 100 Å². The van der Waals surface area contributed by atoms with E-state index in [1.807, 2.05) is 30.9 Å². The Balaban J connectivity index is 1.47. The fourth-order valence-corrected chi connectivity index (χ4v) is 4.77. The minimum atomic E-state index is -4.79. The summed E-state index contributed by atoms with van der Waals surface area (Å²) >= 11 is 0. The number of nitrogens with zero attached hydrogens (tertiary/aromatic N) is 1. The molecule has 0 spiro atoms. The van der Waals surface area contributed by atoms with Crippen molar-refractivity contribution in [1.29, 1.82) is 0 Å². The number of esters is 1. The summed E-state index contributed by atoms with van der Waals surface area (Å²) in [7, 11) is 0. The number of halogens is 5. The maximum Gasteiger partial charge on any atom is 0.419 e. The summed E-state index contributed by atoms with van der Waals surface area (Å²) < 4.78 is 79.2. The van der Waals surface area contributed by atoms with Gasteiger partial charge in [0.15, 0.2) is 0 Å². The van der Waals surface area contributed by atoms with Crippen LogP contribution in [-0.2, 0) is 40.7 Å². The molecule has 0 aliphatic carbocycles. The molecular weight excluding hydrogens is 517 g/mol. The topological polar surface area (TPSA) is 38.8 Å². The van der Waals surface area contributed by atoms with Crippen LogP contribution in [0.5, 0.6) is 5.75 Å². The molecule has 3 aromatic rings. The van der Waals surface area contributed by atoms with Crippen molar-refractivity contribution in [2.75, 3.05) is 19.7 Å². The monoisotopic (exact) mass is 547 g/mol. The number of rotatable bonds is 10. The van der Waals surface area contributed by atoms with Crippen LogP contribution >= 0.6 is 0 Å². The van der Waals surface area contributed by atoms with E-state index in [9.17, 15) is 26.7 Å². The summed E-state index contributed by atoms with van der Waals surface area (Å²) in [5, 5.41) is 0. The number of benzene rings is 3. The lowest BCUT2D eigenvalue weighted by Crippen LogP contribution is -2.38. The molecule has 4 nitrogen and oxygen atoms in total. The van der Waals surface area contributed by atoms with Gasteiger partial charge in [-0.05, 0) is 53.4 Å². The van der Waals surface area contributed by atoms with Crippen molar-refractivity contribution in [3.8, 4) is 5.75 Å². The Hall–Kier alpha value is -3.46. The number of carbonyl (C=O) groups is 1. The van der Waals surface area contributed by atoms with Crippen molar-refractivity contribution >= 4 is 5.97 Å². The lowest BCUT2D eigenvalue weighted by atomic mass is 9.84. The van der Waals surface area contributed by atoms with Crippen LogP contribution in [0.2, 0.25) is 0 Å². The number of alkyl halides is 3. The van der Waals surface area contributed by atoms with E-state index in [-0.39, 0.29) is 36.9 Å². The van der Waals surface area contributed by atoms with E-state index in [4.69, 9.17) is 9.47 Å². The fourth-order valence-electron chi connectivity index (χ4n) is 4.77. The number of hydrogen-bond donors (Lipinski definition) is 0. The van der Waals surface area contributed by atoms with Gasteiger partial charge in [0.05, 0.1) is 18.6 Å². The van der Waals surface area contributed by atoms with Gasteiger partial charge in [-0.15, -0.1) is 0 Å². The lowest BCUT2D eigenvalue weighted by molar-refractivity contribution is -0.145. The SMILES string of the molecule is CC(C)(CN(CCCOc1ccc2c(c1)CC(=O)OC2)Cc1cccc(C(F)(F)F)c1F)c1ccc(F)cc1. The van der Waals surface area contributed by atoms with E-state index >= 15 is 0 Å². The summed E-state index contributed by atoms with van der Waals surface area (Å²) in [6.45, 7) is 5.20. The molecule has 0 amide bonds. The Kier molecular flexibility index (Phi) is 8.59. The first-order valence-electron chi connectivity index (χ1n) is 12.7. The van der Waals surface area contributed by atoms with Gasteiger partial charge in [-0.25, -0.2) is 8.78 Å². The van der Waals surface area contributed by atoms with Crippen LogP contribution in [0.1, 0.15) is 48.1 Å². The Morgan fingerprint density at radius 3 is 2.44 bits per heavy atom. The Morgan fingerprint density at radius 2 is 1.72 bits per heavy atom. The van der Waals surface area contributed by atoms with Gasteiger partial charge in [0, 0.05) is 30.6 Å². The van der Waals surface area contributed by atoms with Gasteiger partial charge in [-0.3, -0.25) is 9.69 Å². The molecule has 0 bridgehead atoms. The van der Waals surface area contributed by atoms with Crippen LogP contribution in [0.15, 0.2) is 60.7 Å². The first kappa shape index (κ1) is 28.5. The molecule has 0 saturated carbocycles. The van der Waals surface area contributed by atoms with E-state index < -0.39 is 23.0 Å². The van der Waals surface area contributed by atoms with Crippen LogP contribution < -0.4 is 4.74 Å². The lowest BCUT2D eigenvalue weighted by Gasteiger charge is -2.33. The molecule has 9 heteroatoms. The third-order valence-corrected chi connectivity index (χ3v) is 6.81. The molecule has 3 aromatic carbocycles. The summed E-state index contributed by atoms with van der Waals surface area (Å²) in [6, 6.07) is 14.8. The molecule has 0 radical (unpaired) electrons. The second-order valence-electron chi connectivity index (χ2n) is 10.3. The first-order valence-corrected chi connectivity index (χ1v) is 12.7. The van der Waals surface area contributed by atoms with Crippen LogP contribution in [0.3, 0.4) is 0 Å². The molecule has 1 heterocycles. The summed E-state index contributed by atoms with van der Waals surface area (Å²) in [5.41, 5.74) is 0.785. The molecular formula is C30H30F5NO3. The highest BCUT2D eigenvalue weighted by Crippen LogP contribution is 2.33. The van der Waals surface area contributed by atoms with Gasteiger partial charge < -0.3 is 9.47 Å².